The first-order chi connectivity index (χ1) is 23.5. The Labute approximate surface area is 293 Å². The molecule has 4 rings (SSSR count). The van der Waals surface area contributed by atoms with Crippen molar-refractivity contribution >= 4 is 51.4 Å². The van der Waals surface area contributed by atoms with Crippen LogP contribution in [-0.2, 0) is 43.0 Å². The van der Waals surface area contributed by atoms with Crippen LogP contribution in [0.2, 0.25) is 0 Å². The summed E-state index contributed by atoms with van der Waals surface area (Å²) in [6.07, 6.45) is -0.617. The van der Waals surface area contributed by atoms with Gasteiger partial charge in [-0.3, -0.25) is 14.4 Å². The molecule has 0 radical (unpaired) electrons. The molecule has 1 heterocycles. The van der Waals surface area contributed by atoms with E-state index in [9.17, 15) is 24.0 Å². The van der Waals surface area contributed by atoms with Crippen LogP contribution in [-0.4, -0.2) is 104 Å². The fourth-order valence-electron chi connectivity index (χ4n) is 5.00. The molecule has 1 fully saturated rings. The normalized spacial score (nSPS) is 14.7. The summed E-state index contributed by atoms with van der Waals surface area (Å²) in [5.74, 6) is -2.04. The molecule has 0 saturated carbocycles. The number of carbonyl (C=O) groups excluding carboxylic acids is 5. The number of rotatable bonds is 19. The van der Waals surface area contributed by atoms with Crippen LogP contribution in [0.25, 0.3) is 11.1 Å². The first kappa shape index (κ1) is 38.2. The molecule has 49 heavy (non-hydrogen) atoms. The Morgan fingerprint density at radius 1 is 0.857 bits per heavy atom. The monoisotopic (exact) mass is 717 g/mol. The van der Waals surface area contributed by atoms with Crippen molar-refractivity contribution in [3.8, 4) is 11.1 Å². The van der Waals surface area contributed by atoms with Gasteiger partial charge >= 0.3 is 12.1 Å². The molecule has 2 aliphatic rings. The molecule has 1 atom stereocenters. The maximum Gasteiger partial charge on any atom is 0.407 e. The van der Waals surface area contributed by atoms with Crippen LogP contribution in [0.5, 0.6) is 0 Å². The second kappa shape index (κ2) is 18.9. The lowest BCUT2D eigenvalue weighted by molar-refractivity contribution is -0.200. The Morgan fingerprint density at radius 3 is 2.04 bits per heavy atom. The zero-order chi connectivity index (χ0) is 35.2. The number of alkyl carbamates (subject to hydrolysis) is 1. The minimum absolute atomic E-state index is 0.0205. The Bertz CT molecular complexity index is 1410. The summed E-state index contributed by atoms with van der Waals surface area (Å²) >= 11 is 0. The second-order valence-corrected chi connectivity index (χ2v) is 15.3. The predicted octanol–water partition coefficient (Wildman–Crippen LogP) is 3.85. The molecule has 1 saturated heterocycles. The fraction of sp³-hybridized carbons (Fsp3) is 0.500. The summed E-state index contributed by atoms with van der Waals surface area (Å²) in [7, 11) is 3.13. The first-order valence-electron chi connectivity index (χ1n) is 16.0. The molecular formula is C34H43N3O10S2. The van der Waals surface area contributed by atoms with Crippen molar-refractivity contribution in [1.29, 1.82) is 0 Å². The molecule has 266 valence electrons. The Hall–Kier alpha value is -3.63. The SMILES string of the molecule is CC(C)(C)SSCC(NC(=O)OCC1c2ccccc2-c2ccccc21)C(=O)NCCOCCOCCOCC(=O)ON1C(=O)CCC1=O. The highest BCUT2D eigenvalue weighted by Gasteiger charge is 2.33. The zero-order valence-corrected chi connectivity index (χ0v) is 29.5. The van der Waals surface area contributed by atoms with Crippen LogP contribution in [0.4, 0.5) is 4.79 Å². The first-order valence-corrected chi connectivity index (χ1v) is 18.3. The lowest BCUT2D eigenvalue weighted by atomic mass is 9.98. The number of nitrogens with zero attached hydrogens (tertiary/aromatic N) is 1. The number of ether oxygens (including phenoxy) is 4. The third kappa shape index (κ3) is 12.0. The van der Waals surface area contributed by atoms with E-state index in [1.54, 1.807) is 10.8 Å². The van der Waals surface area contributed by atoms with Crippen molar-refractivity contribution in [2.45, 2.75) is 50.3 Å². The third-order valence-corrected chi connectivity index (χ3v) is 10.6. The number of benzene rings is 2. The topological polar surface area (TPSA) is 159 Å². The zero-order valence-electron chi connectivity index (χ0n) is 27.9. The van der Waals surface area contributed by atoms with E-state index in [1.165, 1.54) is 10.8 Å². The van der Waals surface area contributed by atoms with Gasteiger partial charge in [-0.15, -0.1) is 5.06 Å². The summed E-state index contributed by atoms with van der Waals surface area (Å²) in [6, 6.07) is 15.4. The van der Waals surface area contributed by atoms with Gasteiger partial charge in [-0.1, -0.05) is 90.9 Å². The van der Waals surface area contributed by atoms with Gasteiger partial charge in [0.2, 0.25) is 5.91 Å². The maximum absolute atomic E-state index is 13.1. The summed E-state index contributed by atoms with van der Waals surface area (Å²) in [5, 5.41) is 6.03. The minimum atomic E-state index is -0.851. The number of carbonyl (C=O) groups is 5. The third-order valence-electron chi connectivity index (χ3n) is 7.20. The lowest BCUT2D eigenvalue weighted by Gasteiger charge is -2.21. The van der Waals surface area contributed by atoms with Crippen LogP contribution >= 0.6 is 21.6 Å². The maximum atomic E-state index is 13.1. The average Bonchev–Trinajstić information content (AvgIpc) is 3.56. The molecule has 4 amide bonds. The van der Waals surface area contributed by atoms with Gasteiger partial charge in [0.1, 0.15) is 19.3 Å². The molecule has 0 bridgehead atoms. The average molecular weight is 718 g/mol. The summed E-state index contributed by atoms with van der Waals surface area (Å²) in [6.45, 7) is 7.20. The van der Waals surface area contributed by atoms with Gasteiger partial charge < -0.3 is 34.4 Å². The molecule has 2 aromatic carbocycles. The number of amides is 4. The largest absolute Gasteiger partial charge is 0.449 e. The van der Waals surface area contributed by atoms with Gasteiger partial charge in [-0.25, -0.2) is 9.59 Å². The fourth-order valence-corrected chi connectivity index (χ4v) is 7.46. The molecule has 0 spiro atoms. The van der Waals surface area contributed by atoms with Gasteiger partial charge in [-0.2, -0.15) is 0 Å². The van der Waals surface area contributed by atoms with E-state index < -0.39 is 36.5 Å². The van der Waals surface area contributed by atoms with Gasteiger partial charge in [0.05, 0.1) is 33.0 Å². The molecule has 1 aliphatic carbocycles. The molecule has 1 aliphatic heterocycles. The Balaban J connectivity index is 1.11. The highest BCUT2D eigenvalue weighted by atomic mass is 33.1. The van der Waals surface area contributed by atoms with E-state index in [4.69, 9.17) is 23.8 Å². The molecule has 15 heteroatoms. The van der Waals surface area contributed by atoms with Crippen molar-refractivity contribution < 1.29 is 47.8 Å². The Kier molecular flexibility index (Phi) is 14.8. The van der Waals surface area contributed by atoms with Crippen LogP contribution in [0.3, 0.4) is 0 Å². The van der Waals surface area contributed by atoms with Crippen molar-refractivity contribution in [3.05, 3.63) is 59.7 Å². The number of hydrogen-bond donors (Lipinski definition) is 2. The molecular weight excluding hydrogens is 675 g/mol. The molecule has 0 aromatic heterocycles. The van der Waals surface area contributed by atoms with E-state index in [1.807, 2.05) is 24.3 Å². The van der Waals surface area contributed by atoms with Gasteiger partial charge in [0.25, 0.3) is 11.8 Å². The highest BCUT2D eigenvalue weighted by Crippen LogP contribution is 2.44. The van der Waals surface area contributed by atoms with E-state index >= 15 is 0 Å². The van der Waals surface area contributed by atoms with Crippen LogP contribution in [0.15, 0.2) is 48.5 Å². The second-order valence-electron chi connectivity index (χ2n) is 12.1. The van der Waals surface area contributed by atoms with E-state index in [0.29, 0.717) is 10.8 Å². The van der Waals surface area contributed by atoms with Crippen molar-refractivity contribution in [2.24, 2.45) is 0 Å². The summed E-state index contributed by atoms with van der Waals surface area (Å²) < 4.78 is 21.7. The number of imide groups is 1. The van der Waals surface area contributed by atoms with Gasteiger partial charge in [0.15, 0.2) is 0 Å². The van der Waals surface area contributed by atoms with Crippen LogP contribution < -0.4 is 10.6 Å². The summed E-state index contributed by atoms with van der Waals surface area (Å²) in [4.78, 5) is 65.3. The Morgan fingerprint density at radius 2 is 1.43 bits per heavy atom. The van der Waals surface area contributed by atoms with E-state index in [0.717, 1.165) is 22.3 Å². The number of hydroxylamine groups is 2. The highest BCUT2D eigenvalue weighted by molar-refractivity contribution is 8.77. The van der Waals surface area contributed by atoms with Gasteiger partial charge in [0, 0.05) is 35.8 Å². The standard InChI is InChI=1S/C34H43N3O10S2/c1-34(2,3)49-48-22-28(36-33(42)46-20-27-25-10-6-4-8-23(25)24-9-5-7-11-26(24)27)32(41)35-14-15-43-16-17-44-18-19-45-21-31(40)47-37-29(38)12-13-30(37)39/h4-11,27-28H,12-22H2,1-3H3,(H,35,41)(H,36,42). The number of nitrogens with one attached hydrogen (secondary N) is 2. The van der Waals surface area contributed by atoms with Crippen molar-refractivity contribution in [2.75, 3.05) is 58.5 Å². The van der Waals surface area contributed by atoms with Crippen LogP contribution in [0.1, 0.15) is 50.7 Å². The van der Waals surface area contributed by atoms with Gasteiger partial charge in [-0.05, 0) is 22.3 Å². The molecule has 1 unspecified atom stereocenters. The van der Waals surface area contributed by atoms with E-state index in [-0.39, 0.29) is 75.6 Å². The summed E-state index contributed by atoms with van der Waals surface area (Å²) in [5.41, 5.74) is 4.48. The number of fused-ring (bicyclic) bond motifs is 3. The van der Waals surface area contributed by atoms with Crippen LogP contribution in [0, 0.1) is 0 Å². The van der Waals surface area contributed by atoms with E-state index in [2.05, 4.69) is 55.7 Å². The minimum Gasteiger partial charge on any atom is -0.449 e. The van der Waals surface area contributed by atoms with Crippen molar-refractivity contribution in [3.63, 3.8) is 0 Å². The number of hydrogen-bond acceptors (Lipinski definition) is 12. The lowest BCUT2D eigenvalue weighted by Crippen LogP contribution is -2.49. The molecule has 13 nitrogen and oxygen atoms in total. The molecule has 2 N–H and O–H groups in total. The smallest absolute Gasteiger partial charge is 0.407 e. The predicted molar refractivity (Wildman–Crippen MR) is 184 cm³/mol. The molecule has 2 aromatic rings. The quantitative estimate of drug-likeness (QED) is 0.123. The van der Waals surface area contributed by atoms with Crippen molar-refractivity contribution in [1.82, 2.24) is 15.7 Å².